The molecule has 0 saturated heterocycles. The number of rotatable bonds is 6. The van der Waals surface area contributed by atoms with Crippen LogP contribution in [0.3, 0.4) is 0 Å². The molecule has 80 valence electrons. The van der Waals surface area contributed by atoms with Crippen LogP contribution in [0, 0.1) is 0 Å². The number of hydrogen-bond donors (Lipinski definition) is 2. The monoisotopic (exact) mass is 198 g/mol. The summed E-state index contributed by atoms with van der Waals surface area (Å²) in [6.07, 6.45) is 5.84. The van der Waals surface area contributed by atoms with E-state index in [1.165, 1.54) is 0 Å². The maximum Gasteiger partial charge on any atom is 0.118 e. The second kappa shape index (κ2) is 6.45. The largest absolute Gasteiger partial charge is 0.496 e. The van der Waals surface area contributed by atoms with Crippen molar-refractivity contribution in [1.82, 2.24) is 0 Å². The van der Waals surface area contributed by atoms with Gasteiger partial charge in [-0.15, -0.1) is 0 Å². The molecule has 0 aliphatic heterocycles. The van der Waals surface area contributed by atoms with Crippen molar-refractivity contribution >= 4 is 0 Å². The minimum atomic E-state index is 0.532. The zero-order valence-electron chi connectivity index (χ0n) is 8.37. The molecule has 0 fully saturated rings. The Morgan fingerprint density at radius 2 is 1.86 bits per heavy atom. The van der Waals surface area contributed by atoms with Crippen LogP contribution in [0.25, 0.3) is 0 Å². The number of allylic oxidation sites excluding steroid dienone is 3. The van der Waals surface area contributed by atoms with E-state index in [0.717, 1.165) is 24.4 Å². The molecule has 1 aliphatic carbocycles. The normalized spacial score (nSPS) is 15.9. The van der Waals surface area contributed by atoms with Gasteiger partial charge >= 0.3 is 0 Å². The number of nitrogens with two attached hydrogens (primary N) is 2. The Hall–Kier alpha value is -1.00. The topological polar surface area (TPSA) is 70.5 Å². The van der Waals surface area contributed by atoms with Crippen molar-refractivity contribution in [3.63, 3.8) is 0 Å². The lowest BCUT2D eigenvalue weighted by atomic mass is 10.1. The highest BCUT2D eigenvalue weighted by molar-refractivity contribution is 5.20. The summed E-state index contributed by atoms with van der Waals surface area (Å²) < 4.78 is 10.8. The Kier molecular flexibility index (Phi) is 5.11. The fourth-order valence-electron chi connectivity index (χ4n) is 1.23. The Morgan fingerprint density at radius 1 is 1.14 bits per heavy atom. The smallest absolute Gasteiger partial charge is 0.118 e. The molecule has 4 nitrogen and oxygen atoms in total. The molecular formula is C10H18N2O2. The Balaban J connectivity index is 2.37. The van der Waals surface area contributed by atoms with E-state index in [1.54, 1.807) is 0 Å². The molecule has 1 aliphatic rings. The van der Waals surface area contributed by atoms with E-state index in [2.05, 4.69) is 0 Å². The SMILES string of the molecule is NCCOC1=CCCC(OCCN)=C1. The molecule has 14 heavy (non-hydrogen) atoms. The molecule has 0 spiro atoms. The highest BCUT2D eigenvalue weighted by atomic mass is 16.5. The first kappa shape index (κ1) is 11.1. The van der Waals surface area contributed by atoms with Crippen LogP contribution in [0.5, 0.6) is 0 Å². The van der Waals surface area contributed by atoms with E-state index in [1.807, 2.05) is 12.2 Å². The summed E-state index contributed by atoms with van der Waals surface area (Å²) in [5.41, 5.74) is 10.7. The predicted octanol–water partition coefficient (Wildman–Crippen LogP) is 0.499. The molecule has 0 saturated carbocycles. The van der Waals surface area contributed by atoms with Gasteiger partial charge in [0, 0.05) is 25.6 Å². The third-order valence-corrected chi connectivity index (χ3v) is 1.83. The summed E-state index contributed by atoms with van der Waals surface area (Å²) in [5.74, 6) is 1.80. The first-order valence-corrected chi connectivity index (χ1v) is 4.93. The van der Waals surface area contributed by atoms with Crippen LogP contribution in [0.2, 0.25) is 0 Å². The second-order valence-corrected chi connectivity index (χ2v) is 3.03. The summed E-state index contributed by atoms with van der Waals surface area (Å²) in [7, 11) is 0. The molecule has 4 N–H and O–H groups in total. The zero-order valence-corrected chi connectivity index (χ0v) is 8.37. The molecule has 0 bridgehead atoms. The van der Waals surface area contributed by atoms with Crippen molar-refractivity contribution < 1.29 is 9.47 Å². The van der Waals surface area contributed by atoms with E-state index < -0.39 is 0 Å². The van der Waals surface area contributed by atoms with E-state index >= 15 is 0 Å². The van der Waals surface area contributed by atoms with Gasteiger partial charge in [-0.3, -0.25) is 0 Å². The van der Waals surface area contributed by atoms with Crippen LogP contribution < -0.4 is 11.5 Å². The average Bonchev–Trinajstić information content (AvgIpc) is 2.24. The van der Waals surface area contributed by atoms with Crippen molar-refractivity contribution in [1.29, 1.82) is 0 Å². The molecule has 0 aromatic heterocycles. The molecule has 0 heterocycles. The van der Waals surface area contributed by atoms with Crippen LogP contribution in [-0.2, 0) is 9.47 Å². The Bertz CT molecular complexity index is 224. The van der Waals surface area contributed by atoms with Gasteiger partial charge in [-0.25, -0.2) is 0 Å². The molecule has 0 aromatic rings. The lowest BCUT2D eigenvalue weighted by Gasteiger charge is -2.15. The van der Waals surface area contributed by atoms with Gasteiger partial charge in [0.15, 0.2) is 0 Å². The van der Waals surface area contributed by atoms with Gasteiger partial charge in [0.05, 0.1) is 12.4 Å². The van der Waals surface area contributed by atoms with Gasteiger partial charge in [0.1, 0.15) is 12.4 Å². The van der Waals surface area contributed by atoms with Crippen LogP contribution in [0.15, 0.2) is 23.7 Å². The molecular weight excluding hydrogens is 180 g/mol. The first-order valence-electron chi connectivity index (χ1n) is 4.93. The quantitative estimate of drug-likeness (QED) is 0.652. The zero-order chi connectivity index (χ0) is 10.2. The van der Waals surface area contributed by atoms with Gasteiger partial charge in [0.25, 0.3) is 0 Å². The second-order valence-electron chi connectivity index (χ2n) is 3.03. The van der Waals surface area contributed by atoms with Crippen LogP contribution in [0.1, 0.15) is 12.8 Å². The maximum absolute atomic E-state index is 5.43. The van der Waals surface area contributed by atoms with Crippen molar-refractivity contribution in [2.24, 2.45) is 11.5 Å². The van der Waals surface area contributed by atoms with Gasteiger partial charge < -0.3 is 20.9 Å². The van der Waals surface area contributed by atoms with E-state index in [4.69, 9.17) is 20.9 Å². The first-order chi connectivity index (χ1) is 6.86. The van der Waals surface area contributed by atoms with Crippen LogP contribution in [0.4, 0.5) is 0 Å². The molecule has 0 atom stereocenters. The lowest BCUT2D eigenvalue weighted by molar-refractivity contribution is 0.194. The summed E-state index contributed by atoms with van der Waals surface area (Å²) >= 11 is 0. The van der Waals surface area contributed by atoms with Crippen molar-refractivity contribution in [2.45, 2.75) is 12.8 Å². The van der Waals surface area contributed by atoms with E-state index in [9.17, 15) is 0 Å². The van der Waals surface area contributed by atoms with Gasteiger partial charge in [0.2, 0.25) is 0 Å². The molecule has 0 radical (unpaired) electrons. The lowest BCUT2D eigenvalue weighted by Crippen LogP contribution is -2.11. The highest BCUT2D eigenvalue weighted by Gasteiger charge is 2.06. The third kappa shape index (κ3) is 3.81. The van der Waals surface area contributed by atoms with Crippen LogP contribution in [-0.4, -0.2) is 26.3 Å². The highest BCUT2D eigenvalue weighted by Crippen LogP contribution is 2.18. The van der Waals surface area contributed by atoms with Crippen molar-refractivity contribution in [3.8, 4) is 0 Å². The molecule has 0 amide bonds. The van der Waals surface area contributed by atoms with E-state index in [-0.39, 0.29) is 0 Å². The summed E-state index contributed by atoms with van der Waals surface area (Å²) in [6, 6.07) is 0. The molecule has 4 heteroatoms. The van der Waals surface area contributed by atoms with Gasteiger partial charge in [-0.05, 0) is 12.5 Å². The van der Waals surface area contributed by atoms with Crippen LogP contribution >= 0.6 is 0 Å². The number of ether oxygens (including phenoxy) is 2. The fourth-order valence-corrected chi connectivity index (χ4v) is 1.23. The standard InChI is InChI=1S/C10H18N2O2/c11-4-6-13-9-2-1-3-10(8-9)14-7-5-12/h2,8H,1,3-7,11-12H2. The summed E-state index contributed by atoms with van der Waals surface area (Å²) in [5, 5.41) is 0. The third-order valence-electron chi connectivity index (χ3n) is 1.83. The maximum atomic E-state index is 5.43. The fraction of sp³-hybridized carbons (Fsp3) is 0.600. The minimum Gasteiger partial charge on any atom is -0.496 e. The molecule has 0 unspecified atom stereocenters. The number of hydrogen-bond acceptors (Lipinski definition) is 4. The van der Waals surface area contributed by atoms with Crippen molar-refractivity contribution in [2.75, 3.05) is 26.3 Å². The molecule has 1 rings (SSSR count). The summed E-state index contributed by atoms with van der Waals surface area (Å²) in [6.45, 7) is 2.19. The van der Waals surface area contributed by atoms with Crippen molar-refractivity contribution in [3.05, 3.63) is 23.7 Å². The van der Waals surface area contributed by atoms with Gasteiger partial charge in [-0.2, -0.15) is 0 Å². The average molecular weight is 198 g/mol. The summed E-state index contributed by atoms with van der Waals surface area (Å²) in [4.78, 5) is 0. The molecule has 0 aromatic carbocycles. The predicted molar refractivity (Wildman–Crippen MR) is 55.4 cm³/mol. The Morgan fingerprint density at radius 3 is 2.57 bits per heavy atom. The van der Waals surface area contributed by atoms with Gasteiger partial charge in [-0.1, -0.05) is 0 Å². The van der Waals surface area contributed by atoms with E-state index in [0.29, 0.717) is 26.3 Å². The Labute approximate surface area is 84.5 Å². The minimum absolute atomic E-state index is 0.532.